The number of aromatic nitrogens is 3. The molecule has 0 fully saturated rings. The van der Waals surface area contributed by atoms with Gasteiger partial charge >= 0.3 is 0 Å². The number of hydrogen-bond acceptors (Lipinski definition) is 7. The van der Waals surface area contributed by atoms with Crippen LogP contribution in [-0.4, -0.2) is 37.6 Å². The molecule has 1 aromatic carbocycles. The van der Waals surface area contributed by atoms with Crippen molar-refractivity contribution in [1.29, 1.82) is 0 Å². The summed E-state index contributed by atoms with van der Waals surface area (Å²) in [5.74, 6) is 0.464. The monoisotopic (exact) mass is 429 g/mol. The van der Waals surface area contributed by atoms with Crippen LogP contribution in [0.15, 0.2) is 62.1 Å². The summed E-state index contributed by atoms with van der Waals surface area (Å²) in [5, 5.41) is 14.6. The van der Waals surface area contributed by atoms with Crippen LogP contribution in [0.2, 0.25) is 5.02 Å². The van der Waals surface area contributed by atoms with Gasteiger partial charge in [-0.15, -0.1) is 10.2 Å². The van der Waals surface area contributed by atoms with Gasteiger partial charge in [0.15, 0.2) is 5.16 Å². The van der Waals surface area contributed by atoms with E-state index in [0.717, 1.165) is 23.0 Å². The van der Waals surface area contributed by atoms with Crippen molar-refractivity contribution in [3.05, 3.63) is 75.1 Å². The molecule has 2 aromatic heterocycles. The smallest absolute Gasteiger partial charge is 0.273 e. The maximum absolute atomic E-state index is 12.9. The Bertz CT molecular complexity index is 1110. The Hall–Kier alpha value is -2.91. The zero-order chi connectivity index (χ0) is 20.4. The quantitative estimate of drug-likeness (QED) is 0.624. The minimum atomic E-state index is -0.341. The Balaban J connectivity index is 1.55. The number of aromatic amines is 1. The lowest BCUT2D eigenvalue weighted by atomic mass is 10.0. The average Bonchev–Trinajstić information content (AvgIpc) is 3.39. The van der Waals surface area contributed by atoms with E-state index in [9.17, 15) is 9.59 Å². The number of hydrazone groups is 1. The highest BCUT2D eigenvalue weighted by molar-refractivity contribution is 7.99. The number of rotatable bonds is 5. The van der Waals surface area contributed by atoms with Crippen LogP contribution < -0.4 is 5.56 Å². The molecule has 1 aliphatic heterocycles. The number of nitrogens with zero attached hydrogens (tertiary/aromatic N) is 4. The highest BCUT2D eigenvalue weighted by atomic mass is 35.5. The molecule has 1 atom stereocenters. The number of benzene rings is 1. The van der Waals surface area contributed by atoms with E-state index in [1.165, 1.54) is 5.01 Å². The van der Waals surface area contributed by atoms with Crippen LogP contribution >= 0.6 is 23.4 Å². The van der Waals surface area contributed by atoms with Crippen molar-refractivity contribution in [1.82, 2.24) is 20.2 Å². The predicted octanol–water partition coefficient (Wildman–Crippen LogP) is 3.19. The molecule has 29 heavy (non-hydrogen) atoms. The first-order chi connectivity index (χ1) is 14.0. The molecule has 0 bridgehead atoms. The van der Waals surface area contributed by atoms with E-state index in [1.54, 1.807) is 31.4 Å². The number of furan rings is 1. The van der Waals surface area contributed by atoms with Gasteiger partial charge in [-0.25, -0.2) is 5.01 Å². The van der Waals surface area contributed by atoms with Crippen LogP contribution in [0.4, 0.5) is 0 Å². The van der Waals surface area contributed by atoms with Crippen LogP contribution in [0, 0.1) is 6.92 Å². The van der Waals surface area contributed by atoms with Crippen LogP contribution in [0.25, 0.3) is 0 Å². The lowest BCUT2D eigenvalue weighted by molar-refractivity contribution is -0.130. The Labute approximate surface area is 175 Å². The van der Waals surface area contributed by atoms with E-state index in [1.807, 2.05) is 18.2 Å². The number of hydrogen-bond donors (Lipinski definition) is 1. The molecule has 0 aliphatic carbocycles. The largest absolute Gasteiger partial charge is 0.467 e. The number of aryl methyl sites for hydroxylation is 1. The van der Waals surface area contributed by atoms with Gasteiger partial charge in [-0.3, -0.25) is 14.6 Å². The second kappa shape index (κ2) is 8.22. The fourth-order valence-corrected chi connectivity index (χ4v) is 3.68. The Kier molecular flexibility index (Phi) is 5.50. The van der Waals surface area contributed by atoms with Gasteiger partial charge in [0.05, 0.1) is 17.7 Å². The Morgan fingerprint density at radius 2 is 2.10 bits per heavy atom. The number of carbonyl (C=O) groups excluding carboxylic acids is 1. The summed E-state index contributed by atoms with van der Waals surface area (Å²) in [6.07, 6.45) is 2.09. The molecule has 0 saturated heterocycles. The third-order valence-corrected chi connectivity index (χ3v) is 5.49. The number of carbonyl (C=O) groups is 1. The molecule has 0 unspecified atom stereocenters. The zero-order valence-corrected chi connectivity index (χ0v) is 16.9. The number of nitrogens with one attached hydrogen (secondary N) is 1. The molecule has 1 amide bonds. The minimum absolute atomic E-state index is 0.0439. The summed E-state index contributed by atoms with van der Waals surface area (Å²) in [6, 6.07) is 10.6. The second-order valence-electron chi connectivity index (χ2n) is 6.36. The third-order valence-electron chi connectivity index (χ3n) is 4.39. The molecule has 0 spiro atoms. The summed E-state index contributed by atoms with van der Waals surface area (Å²) in [7, 11) is 0. The van der Waals surface area contributed by atoms with E-state index in [0.29, 0.717) is 17.2 Å². The first-order valence-corrected chi connectivity index (χ1v) is 10.1. The first-order valence-electron chi connectivity index (χ1n) is 8.76. The van der Waals surface area contributed by atoms with E-state index < -0.39 is 0 Å². The molecule has 3 heterocycles. The van der Waals surface area contributed by atoms with Gasteiger partial charge in [-0.05, 0) is 36.8 Å². The van der Waals surface area contributed by atoms with Crippen LogP contribution in [0.3, 0.4) is 0 Å². The van der Waals surface area contributed by atoms with Crippen LogP contribution in [-0.2, 0) is 4.79 Å². The summed E-state index contributed by atoms with van der Waals surface area (Å²) < 4.78 is 5.53. The summed E-state index contributed by atoms with van der Waals surface area (Å²) in [5.41, 5.74) is 1.61. The van der Waals surface area contributed by atoms with Crippen molar-refractivity contribution in [2.45, 2.75) is 24.5 Å². The van der Waals surface area contributed by atoms with E-state index in [2.05, 4.69) is 20.3 Å². The number of halogens is 1. The van der Waals surface area contributed by atoms with Crippen LogP contribution in [0.5, 0.6) is 0 Å². The molecule has 1 N–H and O–H groups in total. The van der Waals surface area contributed by atoms with Gasteiger partial charge in [0.25, 0.3) is 11.5 Å². The van der Waals surface area contributed by atoms with Gasteiger partial charge in [-0.2, -0.15) is 5.10 Å². The zero-order valence-electron chi connectivity index (χ0n) is 15.3. The highest BCUT2D eigenvalue weighted by Gasteiger charge is 2.34. The fraction of sp³-hybridized carbons (Fsp3) is 0.211. The van der Waals surface area contributed by atoms with Gasteiger partial charge in [-0.1, -0.05) is 35.5 Å². The van der Waals surface area contributed by atoms with Gasteiger partial charge in [0, 0.05) is 11.4 Å². The van der Waals surface area contributed by atoms with Crippen molar-refractivity contribution >= 4 is 35.0 Å². The first kappa shape index (κ1) is 19.4. The Morgan fingerprint density at radius 1 is 1.31 bits per heavy atom. The molecule has 8 nitrogen and oxygen atoms in total. The van der Waals surface area contributed by atoms with Gasteiger partial charge < -0.3 is 4.42 Å². The molecule has 10 heteroatoms. The molecule has 0 radical (unpaired) electrons. The maximum Gasteiger partial charge on any atom is 0.273 e. The average molecular weight is 430 g/mol. The lowest BCUT2D eigenvalue weighted by Gasteiger charge is -2.19. The topological polar surface area (TPSA) is 104 Å². The van der Waals surface area contributed by atoms with E-state index >= 15 is 0 Å². The molecule has 148 valence electrons. The predicted molar refractivity (Wildman–Crippen MR) is 109 cm³/mol. The second-order valence-corrected chi connectivity index (χ2v) is 7.76. The van der Waals surface area contributed by atoms with Crippen molar-refractivity contribution < 1.29 is 9.21 Å². The van der Waals surface area contributed by atoms with Gasteiger partial charge in [0.2, 0.25) is 0 Å². The summed E-state index contributed by atoms with van der Waals surface area (Å²) in [4.78, 5) is 27.2. The normalized spacial score (nSPS) is 16.1. The van der Waals surface area contributed by atoms with Crippen molar-refractivity contribution in [3.63, 3.8) is 0 Å². The Morgan fingerprint density at radius 3 is 2.79 bits per heavy atom. The summed E-state index contributed by atoms with van der Waals surface area (Å²) >= 11 is 7.07. The van der Waals surface area contributed by atoms with E-state index in [-0.39, 0.29) is 34.1 Å². The van der Waals surface area contributed by atoms with Crippen molar-refractivity contribution in [3.8, 4) is 0 Å². The summed E-state index contributed by atoms with van der Waals surface area (Å²) in [6.45, 7) is 1.57. The lowest BCUT2D eigenvalue weighted by Crippen LogP contribution is -2.28. The minimum Gasteiger partial charge on any atom is -0.467 e. The molecule has 3 aromatic rings. The molecule has 1 aliphatic rings. The highest BCUT2D eigenvalue weighted by Crippen LogP contribution is 2.34. The van der Waals surface area contributed by atoms with Crippen molar-refractivity contribution in [2.75, 3.05) is 5.75 Å². The SMILES string of the molecule is Cc1nnc(SCC(=O)N2N=C(c3ccc(Cl)cc3)C[C@@H]2c2ccco2)[nH]c1=O. The standard InChI is InChI=1S/C19H16ClN5O3S/c1-11-18(27)21-19(23-22-11)29-10-17(26)25-15(16-3-2-8-28-16)9-14(24-25)12-4-6-13(20)7-5-12/h2-8,15H,9-10H2,1H3,(H,21,23,27)/t15-/m1/s1. The van der Waals surface area contributed by atoms with Crippen molar-refractivity contribution in [2.24, 2.45) is 5.10 Å². The van der Waals surface area contributed by atoms with Crippen LogP contribution in [0.1, 0.15) is 29.5 Å². The maximum atomic E-state index is 12.9. The number of thioether (sulfide) groups is 1. The third kappa shape index (κ3) is 4.25. The number of H-pyrrole nitrogens is 1. The van der Waals surface area contributed by atoms with E-state index in [4.69, 9.17) is 16.0 Å². The number of amides is 1. The molecule has 0 saturated carbocycles. The molecule has 4 rings (SSSR count). The molecular formula is C19H16ClN5O3S. The fourth-order valence-electron chi connectivity index (χ4n) is 2.90. The molecular weight excluding hydrogens is 414 g/mol. The van der Waals surface area contributed by atoms with Gasteiger partial charge in [0.1, 0.15) is 17.5 Å².